The molecule has 3 rings (SSSR count). The Bertz CT molecular complexity index is 906. The van der Waals surface area contributed by atoms with Crippen molar-refractivity contribution in [2.24, 2.45) is 0 Å². The Morgan fingerprint density at radius 2 is 1.58 bits per heavy atom. The Morgan fingerprint density at radius 3 is 2.23 bits per heavy atom. The average molecular weight is 469 g/mol. The molecule has 0 fully saturated rings. The molecule has 0 saturated heterocycles. The number of fused-ring (bicyclic) bond motifs is 1. The van der Waals surface area contributed by atoms with E-state index in [0.717, 1.165) is 29.8 Å². The van der Waals surface area contributed by atoms with Gasteiger partial charge in [-0.1, -0.05) is 82.2 Å². The van der Waals surface area contributed by atoms with Crippen LogP contribution in [-0.2, 0) is 16.7 Å². The number of nitrogens with zero attached hydrogens (tertiary/aromatic N) is 1. The number of benzene rings is 2. The molecule has 0 aromatic heterocycles. The second-order valence-electron chi connectivity index (χ2n) is 8.17. The van der Waals surface area contributed by atoms with Crippen LogP contribution in [0, 0.1) is 0 Å². The van der Waals surface area contributed by atoms with Crippen molar-refractivity contribution in [3.8, 4) is 0 Å². The first kappa shape index (κ1) is 26.8. The van der Waals surface area contributed by atoms with Gasteiger partial charge in [0, 0.05) is 6.54 Å². The smallest absolute Gasteiger partial charge is 0.744 e. The normalized spacial score (nSPS) is 15.3. The minimum atomic E-state index is -4.48. The molecule has 164 valence electrons. The summed E-state index contributed by atoms with van der Waals surface area (Å²) in [5.74, 6) is 0. The monoisotopic (exact) mass is 468 g/mol. The maximum atomic E-state index is 11.5. The van der Waals surface area contributed by atoms with E-state index in [1.54, 1.807) is 6.07 Å². The van der Waals surface area contributed by atoms with Crippen molar-refractivity contribution in [1.29, 1.82) is 0 Å². The zero-order valence-corrected chi connectivity index (χ0v) is 22.8. The minimum Gasteiger partial charge on any atom is -0.744 e. The van der Waals surface area contributed by atoms with Gasteiger partial charge in [0.25, 0.3) is 0 Å². The third-order valence-corrected chi connectivity index (χ3v) is 6.62. The summed E-state index contributed by atoms with van der Waals surface area (Å²) in [6.07, 6.45) is 11.3. The van der Waals surface area contributed by atoms with Crippen molar-refractivity contribution in [3.05, 3.63) is 54.1 Å². The van der Waals surface area contributed by atoms with Crippen LogP contribution in [-0.4, -0.2) is 19.1 Å². The molecule has 1 aliphatic heterocycles. The van der Waals surface area contributed by atoms with Crippen LogP contribution in [0.15, 0.2) is 53.4 Å². The van der Waals surface area contributed by atoms with Crippen molar-refractivity contribution in [3.63, 3.8) is 0 Å². The van der Waals surface area contributed by atoms with E-state index >= 15 is 0 Å². The molecule has 1 N–H and O–H groups in total. The number of rotatable bonds is 12. The molecule has 5 nitrogen and oxygen atoms in total. The van der Waals surface area contributed by atoms with Gasteiger partial charge in [-0.3, -0.25) is 0 Å². The van der Waals surface area contributed by atoms with Gasteiger partial charge >= 0.3 is 51.4 Å². The van der Waals surface area contributed by atoms with Gasteiger partial charge in [-0.25, -0.2) is 8.42 Å². The maximum Gasteiger partial charge on any atom is 1.00 e. The van der Waals surface area contributed by atoms with Crippen LogP contribution in [0.4, 0.5) is 11.4 Å². The molecule has 0 aliphatic carbocycles. The molecule has 1 heterocycles. The van der Waals surface area contributed by atoms with Gasteiger partial charge in [0.1, 0.15) is 10.1 Å². The van der Waals surface area contributed by atoms with E-state index in [1.807, 2.05) is 18.2 Å². The number of nitrogens with one attached hydrogen (secondary N) is 1. The fourth-order valence-corrected chi connectivity index (χ4v) is 4.62. The van der Waals surface area contributed by atoms with Gasteiger partial charge in [-0.2, -0.15) is 0 Å². The Labute approximate surface area is 230 Å². The molecule has 7 heteroatoms. The molecule has 2 aromatic carbocycles. The second kappa shape index (κ2) is 13.3. The Kier molecular flexibility index (Phi) is 11.5. The summed E-state index contributed by atoms with van der Waals surface area (Å²) in [5, 5.41) is 3.53. The summed E-state index contributed by atoms with van der Waals surface area (Å²) >= 11 is 0. The summed E-state index contributed by atoms with van der Waals surface area (Å²) in [7, 11) is -4.48. The fraction of sp³-hybridized carbons (Fsp3) is 0.500. The van der Waals surface area contributed by atoms with E-state index in [0.29, 0.717) is 6.54 Å². The third kappa shape index (κ3) is 8.14. The zero-order valence-electron chi connectivity index (χ0n) is 18.8. The summed E-state index contributed by atoms with van der Waals surface area (Å²) in [6, 6.07) is 14.8. The van der Waals surface area contributed by atoms with Crippen molar-refractivity contribution in [2.75, 3.05) is 10.2 Å². The standard InChI is InChI=1S/C24H34N2O3S.K/c1-2-3-4-5-6-7-8-12-15-24-25-22-17-16-21(30(27,28)29)18-23(22)26(24)19-20-13-10-9-11-14-20;/h9-11,13-14,16-18,24-25H,2-8,12,15,19H2,1H3,(H,27,28,29);/q;+1/p-1. The summed E-state index contributed by atoms with van der Waals surface area (Å²) in [5.41, 5.74) is 2.84. The molecule has 0 amide bonds. The molecule has 0 spiro atoms. The van der Waals surface area contributed by atoms with Crippen LogP contribution >= 0.6 is 0 Å². The minimum absolute atomic E-state index is 0. The van der Waals surface area contributed by atoms with E-state index in [9.17, 15) is 13.0 Å². The third-order valence-electron chi connectivity index (χ3n) is 5.79. The number of unbranched alkanes of at least 4 members (excludes halogenated alkanes) is 7. The molecule has 2 aromatic rings. The summed E-state index contributed by atoms with van der Waals surface area (Å²) in [6.45, 7) is 2.91. The second-order valence-corrected chi connectivity index (χ2v) is 9.55. The zero-order chi connectivity index (χ0) is 21.4. The van der Waals surface area contributed by atoms with E-state index < -0.39 is 10.1 Å². The molecule has 1 unspecified atom stereocenters. The first-order valence-corrected chi connectivity index (χ1v) is 12.6. The van der Waals surface area contributed by atoms with Crippen LogP contribution in [0.1, 0.15) is 70.3 Å². The van der Waals surface area contributed by atoms with E-state index in [2.05, 4.69) is 29.3 Å². The molecule has 0 radical (unpaired) electrons. The van der Waals surface area contributed by atoms with Crippen LogP contribution in [0.2, 0.25) is 0 Å². The number of anilines is 2. The first-order valence-electron chi connectivity index (χ1n) is 11.2. The molecule has 1 atom stereocenters. The Balaban J connectivity index is 0.00000341. The van der Waals surface area contributed by atoms with Crippen LogP contribution in [0.25, 0.3) is 0 Å². The van der Waals surface area contributed by atoms with Crippen LogP contribution in [0.5, 0.6) is 0 Å². The Hall–Kier alpha value is -0.414. The predicted octanol–water partition coefficient (Wildman–Crippen LogP) is 2.88. The van der Waals surface area contributed by atoms with Crippen molar-refractivity contribution >= 4 is 21.5 Å². The van der Waals surface area contributed by atoms with Gasteiger partial charge in [0.05, 0.1) is 22.4 Å². The molecule has 31 heavy (non-hydrogen) atoms. The van der Waals surface area contributed by atoms with E-state index in [4.69, 9.17) is 0 Å². The summed E-state index contributed by atoms with van der Waals surface area (Å²) < 4.78 is 34.6. The molecule has 1 aliphatic rings. The van der Waals surface area contributed by atoms with Crippen molar-refractivity contribution in [2.45, 2.75) is 82.3 Å². The molecular weight excluding hydrogens is 435 g/mol. The topological polar surface area (TPSA) is 72.5 Å². The molecule has 0 bridgehead atoms. The van der Waals surface area contributed by atoms with E-state index in [1.165, 1.54) is 57.1 Å². The average Bonchev–Trinajstić information content (AvgIpc) is 3.07. The maximum absolute atomic E-state index is 11.5. The Morgan fingerprint density at radius 1 is 0.935 bits per heavy atom. The van der Waals surface area contributed by atoms with Crippen molar-refractivity contribution < 1.29 is 64.4 Å². The fourth-order valence-electron chi connectivity index (χ4n) is 4.13. The van der Waals surface area contributed by atoms with Crippen LogP contribution < -0.4 is 61.6 Å². The predicted molar refractivity (Wildman–Crippen MR) is 122 cm³/mol. The van der Waals surface area contributed by atoms with Crippen molar-refractivity contribution in [1.82, 2.24) is 0 Å². The number of hydrogen-bond acceptors (Lipinski definition) is 5. The van der Waals surface area contributed by atoms with E-state index in [-0.39, 0.29) is 62.4 Å². The van der Waals surface area contributed by atoms with Gasteiger partial charge in [-0.15, -0.1) is 0 Å². The molecular formula is C24H33KN2O3S. The summed E-state index contributed by atoms with van der Waals surface area (Å²) in [4.78, 5) is 2.02. The van der Waals surface area contributed by atoms with Gasteiger partial charge in [0.15, 0.2) is 0 Å². The number of hydrogen-bond donors (Lipinski definition) is 1. The quantitative estimate of drug-likeness (QED) is 0.295. The first-order chi connectivity index (χ1) is 14.5. The SMILES string of the molecule is CCCCCCCCCCC1Nc2ccc(S(=O)(=O)[O-])cc2N1Cc1ccccc1.[K+]. The van der Waals surface area contributed by atoms with Gasteiger partial charge in [0.2, 0.25) is 0 Å². The van der Waals surface area contributed by atoms with Crippen LogP contribution in [0.3, 0.4) is 0 Å². The molecule has 0 saturated carbocycles. The largest absolute Gasteiger partial charge is 1.00 e. The van der Waals surface area contributed by atoms with Gasteiger partial charge < -0.3 is 14.8 Å². The van der Waals surface area contributed by atoms with Gasteiger partial charge in [-0.05, 0) is 36.6 Å².